The summed E-state index contributed by atoms with van der Waals surface area (Å²) in [6.45, 7) is 2.79. The first kappa shape index (κ1) is 18.5. The van der Waals surface area contributed by atoms with Crippen molar-refractivity contribution in [1.82, 2.24) is 19.8 Å². The van der Waals surface area contributed by atoms with Crippen molar-refractivity contribution in [2.24, 2.45) is 5.92 Å². The highest BCUT2D eigenvalue weighted by Crippen LogP contribution is 2.19. The van der Waals surface area contributed by atoms with Gasteiger partial charge in [-0.3, -0.25) is 4.79 Å². The standard InChI is InChI=1S/C17H22N4O4S/c1-12-5-7-13(8-6-12)16-19-15(25-20-16)10-18-17(22)14-4-3-9-21(11-14)26(2,23)24/h5-8,14H,3-4,9-11H2,1-2H3,(H,18,22)/t14-/m0/s1. The minimum absolute atomic E-state index is 0.118. The average molecular weight is 378 g/mol. The van der Waals surface area contributed by atoms with Gasteiger partial charge in [0.1, 0.15) is 0 Å². The first-order chi connectivity index (χ1) is 12.3. The maximum atomic E-state index is 12.3. The quantitative estimate of drug-likeness (QED) is 0.841. The molecule has 0 saturated carbocycles. The summed E-state index contributed by atoms with van der Waals surface area (Å²) in [4.78, 5) is 16.6. The van der Waals surface area contributed by atoms with E-state index in [1.54, 1.807) is 0 Å². The van der Waals surface area contributed by atoms with Gasteiger partial charge in [0, 0.05) is 18.7 Å². The Morgan fingerprint density at radius 2 is 2.08 bits per heavy atom. The summed E-state index contributed by atoms with van der Waals surface area (Å²) in [6, 6.07) is 7.74. The number of hydrogen-bond acceptors (Lipinski definition) is 6. The van der Waals surface area contributed by atoms with E-state index in [-0.39, 0.29) is 24.9 Å². The Hall–Kier alpha value is -2.26. The second kappa shape index (κ2) is 7.55. The molecule has 0 aliphatic carbocycles. The van der Waals surface area contributed by atoms with E-state index in [0.717, 1.165) is 11.1 Å². The molecule has 8 nitrogen and oxygen atoms in total. The Morgan fingerprint density at radius 3 is 2.77 bits per heavy atom. The third-order valence-corrected chi connectivity index (χ3v) is 5.69. The molecule has 0 bridgehead atoms. The molecule has 0 unspecified atom stereocenters. The molecule has 0 radical (unpaired) electrons. The van der Waals surface area contributed by atoms with Crippen LogP contribution in [0.1, 0.15) is 24.3 Å². The van der Waals surface area contributed by atoms with Crippen molar-refractivity contribution < 1.29 is 17.7 Å². The molecule has 140 valence electrons. The zero-order chi connectivity index (χ0) is 18.7. The Kier molecular flexibility index (Phi) is 5.38. The maximum absolute atomic E-state index is 12.3. The highest BCUT2D eigenvalue weighted by Gasteiger charge is 2.30. The van der Waals surface area contributed by atoms with Crippen molar-refractivity contribution in [2.75, 3.05) is 19.3 Å². The molecule has 0 spiro atoms. The van der Waals surface area contributed by atoms with E-state index in [1.807, 2.05) is 31.2 Å². The van der Waals surface area contributed by atoms with Gasteiger partial charge >= 0.3 is 0 Å². The summed E-state index contributed by atoms with van der Waals surface area (Å²) in [7, 11) is -3.28. The van der Waals surface area contributed by atoms with Crippen molar-refractivity contribution in [2.45, 2.75) is 26.3 Å². The highest BCUT2D eigenvalue weighted by atomic mass is 32.2. The highest BCUT2D eigenvalue weighted by molar-refractivity contribution is 7.88. The van der Waals surface area contributed by atoms with Crippen LogP contribution in [0.3, 0.4) is 0 Å². The van der Waals surface area contributed by atoms with Crippen molar-refractivity contribution in [1.29, 1.82) is 0 Å². The van der Waals surface area contributed by atoms with E-state index in [9.17, 15) is 13.2 Å². The molecular weight excluding hydrogens is 356 g/mol. The van der Waals surface area contributed by atoms with Gasteiger partial charge in [-0.25, -0.2) is 12.7 Å². The molecule has 3 rings (SSSR count). The molecule has 1 aliphatic heterocycles. The second-order valence-corrected chi connectivity index (χ2v) is 8.54. The van der Waals surface area contributed by atoms with Gasteiger partial charge < -0.3 is 9.84 Å². The predicted molar refractivity (Wildman–Crippen MR) is 95.5 cm³/mol. The van der Waals surface area contributed by atoms with Crippen molar-refractivity contribution in [3.63, 3.8) is 0 Å². The van der Waals surface area contributed by atoms with E-state index in [1.165, 1.54) is 10.6 Å². The predicted octanol–water partition coefficient (Wildman–Crippen LogP) is 1.33. The zero-order valence-corrected chi connectivity index (χ0v) is 15.6. The van der Waals surface area contributed by atoms with Crippen LogP contribution in [0.25, 0.3) is 11.4 Å². The third-order valence-electron chi connectivity index (χ3n) is 4.42. The monoisotopic (exact) mass is 378 g/mol. The summed E-state index contributed by atoms with van der Waals surface area (Å²) in [5, 5.41) is 6.68. The van der Waals surface area contributed by atoms with E-state index >= 15 is 0 Å². The second-order valence-electron chi connectivity index (χ2n) is 6.56. The van der Waals surface area contributed by atoms with Gasteiger partial charge in [0.05, 0.1) is 18.7 Å². The molecule has 1 atom stereocenters. The number of benzene rings is 1. The molecule has 1 fully saturated rings. The lowest BCUT2D eigenvalue weighted by molar-refractivity contribution is -0.126. The van der Waals surface area contributed by atoms with E-state index in [2.05, 4.69) is 15.5 Å². The largest absolute Gasteiger partial charge is 0.347 e. The van der Waals surface area contributed by atoms with E-state index in [4.69, 9.17) is 4.52 Å². The number of nitrogens with zero attached hydrogens (tertiary/aromatic N) is 3. The molecule has 1 aliphatic rings. The fourth-order valence-electron chi connectivity index (χ4n) is 2.91. The van der Waals surface area contributed by atoms with Crippen LogP contribution in [0.2, 0.25) is 0 Å². The van der Waals surface area contributed by atoms with Gasteiger partial charge in [-0.1, -0.05) is 35.0 Å². The van der Waals surface area contributed by atoms with Gasteiger partial charge in [-0.15, -0.1) is 0 Å². The molecule has 1 N–H and O–H groups in total. The first-order valence-corrected chi connectivity index (χ1v) is 10.3. The van der Waals surface area contributed by atoms with Crippen molar-refractivity contribution in [3.8, 4) is 11.4 Å². The fraction of sp³-hybridized carbons (Fsp3) is 0.471. The normalized spacial score (nSPS) is 18.6. The van der Waals surface area contributed by atoms with E-state index < -0.39 is 10.0 Å². The van der Waals surface area contributed by atoms with Crippen LogP contribution in [-0.2, 0) is 21.4 Å². The van der Waals surface area contributed by atoms with Crippen molar-refractivity contribution >= 4 is 15.9 Å². The number of sulfonamides is 1. The SMILES string of the molecule is Cc1ccc(-c2noc(CNC(=O)[C@H]3CCCN(S(C)(=O)=O)C3)n2)cc1. The summed E-state index contributed by atoms with van der Waals surface area (Å²) >= 11 is 0. The number of aryl methyl sites for hydroxylation is 1. The zero-order valence-electron chi connectivity index (χ0n) is 14.8. The van der Waals surface area contributed by atoms with Gasteiger partial charge in [0.25, 0.3) is 0 Å². The van der Waals surface area contributed by atoms with Crippen LogP contribution in [-0.4, -0.2) is 48.1 Å². The van der Waals surface area contributed by atoms with Gasteiger partial charge in [-0.05, 0) is 19.8 Å². The van der Waals surface area contributed by atoms with Gasteiger partial charge in [0.2, 0.25) is 27.6 Å². The fourth-order valence-corrected chi connectivity index (χ4v) is 3.82. The summed E-state index contributed by atoms with van der Waals surface area (Å²) in [5.74, 6) is 0.214. The average Bonchev–Trinajstić information content (AvgIpc) is 3.08. The maximum Gasteiger partial charge on any atom is 0.246 e. The number of aromatic nitrogens is 2. The first-order valence-electron chi connectivity index (χ1n) is 8.45. The Labute approximate surface area is 152 Å². The Morgan fingerprint density at radius 1 is 1.35 bits per heavy atom. The summed E-state index contributed by atoms with van der Waals surface area (Å²) in [6.07, 6.45) is 2.50. The minimum Gasteiger partial charge on any atom is -0.347 e. The molecule has 26 heavy (non-hydrogen) atoms. The van der Waals surface area contributed by atoms with E-state index in [0.29, 0.717) is 31.1 Å². The van der Waals surface area contributed by atoms with Crippen molar-refractivity contribution in [3.05, 3.63) is 35.7 Å². The van der Waals surface area contributed by atoms with Crippen LogP contribution in [0, 0.1) is 12.8 Å². The summed E-state index contributed by atoms with van der Waals surface area (Å²) in [5.41, 5.74) is 1.98. The van der Waals surface area contributed by atoms with Crippen LogP contribution < -0.4 is 5.32 Å². The summed E-state index contributed by atoms with van der Waals surface area (Å²) < 4.78 is 29.8. The van der Waals surface area contributed by atoms with Gasteiger partial charge in [-0.2, -0.15) is 4.98 Å². The molecule has 2 heterocycles. The smallest absolute Gasteiger partial charge is 0.246 e. The lowest BCUT2D eigenvalue weighted by atomic mass is 9.99. The molecule has 1 aromatic carbocycles. The Bertz CT molecular complexity index is 876. The third kappa shape index (κ3) is 4.47. The van der Waals surface area contributed by atoms with Gasteiger partial charge in [0.15, 0.2) is 0 Å². The molecule has 1 amide bonds. The lowest BCUT2D eigenvalue weighted by Crippen LogP contribution is -2.44. The number of rotatable bonds is 5. The molecule has 1 aromatic heterocycles. The molecule has 2 aromatic rings. The topological polar surface area (TPSA) is 105 Å². The number of nitrogens with one attached hydrogen (secondary N) is 1. The number of piperidine rings is 1. The Balaban J connectivity index is 1.57. The van der Waals surface area contributed by atoms with Crippen LogP contribution in [0.4, 0.5) is 0 Å². The van der Waals surface area contributed by atoms with Crippen LogP contribution >= 0.6 is 0 Å². The number of amides is 1. The minimum atomic E-state index is -3.28. The number of carbonyl (C=O) groups excluding carboxylic acids is 1. The van der Waals surface area contributed by atoms with Crippen LogP contribution in [0.5, 0.6) is 0 Å². The molecular formula is C17H22N4O4S. The molecule has 9 heteroatoms. The molecule has 1 saturated heterocycles. The lowest BCUT2D eigenvalue weighted by Gasteiger charge is -2.29. The number of hydrogen-bond donors (Lipinski definition) is 1. The van der Waals surface area contributed by atoms with Crippen LogP contribution in [0.15, 0.2) is 28.8 Å². The number of carbonyl (C=O) groups is 1.